The Labute approximate surface area is 240 Å². The van der Waals surface area contributed by atoms with Crippen LogP contribution in [0.25, 0.3) is 10.8 Å². The quantitative estimate of drug-likeness (QED) is 0.171. The van der Waals surface area contributed by atoms with Crippen LogP contribution in [0.1, 0.15) is 44.9 Å². The van der Waals surface area contributed by atoms with Crippen LogP contribution in [-0.4, -0.2) is 35.9 Å². The van der Waals surface area contributed by atoms with Gasteiger partial charge >= 0.3 is 0 Å². The molecule has 0 aliphatic rings. The summed E-state index contributed by atoms with van der Waals surface area (Å²) in [6, 6.07) is 20.0. The summed E-state index contributed by atoms with van der Waals surface area (Å²) in [5.41, 5.74) is 9.21. The number of Topliss-reactive ketones (excluding diaryl/α,β-unsaturated/α-hetero) is 1. The number of ether oxygens (including phenoxy) is 2. The molecule has 9 nitrogen and oxygen atoms in total. The van der Waals surface area contributed by atoms with E-state index in [2.05, 4.69) is 20.9 Å². The van der Waals surface area contributed by atoms with Crippen LogP contribution in [0.15, 0.2) is 72.9 Å². The molecule has 3 aromatic carbocycles. The van der Waals surface area contributed by atoms with E-state index in [1.54, 1.807) is 6.20 Å². The highest BCUT2D eigenvalue weighted by molar-refractivity contribution is 5.94. The lowest BCUT2D eigenvalue weighted by atomic mass is 10.0. The minimum absolute atomic E-state index is 0.0301. The number of anilines is 3. The summed E-state index contributed by atoms with van der Waals surface area (Å²) in [5, 5.41) is 11.3. The number of nitrogen functional groups attached to an aromatic ring is 1. The second-order valence-electron chi connectivity index (χ2n) is 9.99. The third-order valence-corrected chi connectivity index (χ3v) is 6.27. The zero-order valence-corrected chi connectivity index (χ0v) is 23.9. The average Bonchev–Trinajstić information content (AvgIpc) is 2.95. The van der Waals surface area contributed by atoms with E-state index < -0.39 is 6.04 Å². The van der Waals surface area contributed by atoms with Crippen LogP contribution in [-0.2, 0) is 16.1 Å². The number of amides is 1. The van der Waals surface area contributed by atoms with Crippen LogP contribution in [0.5, 0.6) is 11.5 Å². The summed E-state index contributed by atoms with van der Waals surface area (Å²) >= 11 is 0. The van der Waals surface area contributed by atoms with Gasteiger partial charge in [0.25, 0.3) is 0 Å². The maximum atomic E-state index is 13.7. The van der Waals surface area contributed by atoms with Crippen LogP contribution < -0.4 is 31.2 Å². The van der Waals surface area contributed by atoms with E-state index in [1.165, 1.54) is 6.92 Å². The minimum Gasteiger partial charge on any atom is -0.490 e. The van der Waals surface area contributed by atoms with Crippen molar-refractivity contribution in [2.24, 2.45) is 0 Å². The van der Waals surface area contributed by atoms with Crippen LogP contribution in [0.2, 0.25) is 0 Å². The van der Waals surface area contributed by atoms with E-state index in [1.807, 2.05) is 87.5 Å². The van der Waals surface area contributed by atoms with Gasteiger partial charge in [-0.2, -0.15) is 0 Å². The fourth-order valence-corrected chi connectivity index (χ4v) is 4.39. The van der Waals surface area contributed by atoms with Gasteiger partial charge in [-0.15, -0.1) is 0 Å². The maximum absolute atomic E-state index is 13.7. The Morgan fingerprint density at radius 1 is 0.976 bits per heavy atom. The highest BCUT2D eigenvalue weighted by Gasteiger charge is 2.23. The minimum atomic E-state index is -0.738. The van der Waals surface area contributed by atoms with Gasteiger partial charge in [0, 0.05) is 29.5 Å². The number of nitrogens with two attached hydrogens (primary N) is 1. The first-order valence-electron chi connectivity index (χ1n) is 13.7. The zero-order valence-electron chi connectivity index (χ0n) is 23.9. The third kappa shape index (κ3) is 7.88. The van der Waals surface area contributed by atoms with Crippen molar-refractivity contribution >= 4 is 39.7 Å². The summed E-state index contributed by atoms with van der Waals surface area (Å²) in [6.45, 7) is 8.35. The lowest BCUT2D eigenvalue weighted by molar-refractivity contribution is -0.122. The first-order valence-corrected chi connectivity index (χ1v) is 13.7. The number of aromatic nitrogens is 1. The second kappa shape index (κ2) is 13.5. The molecule has 41 heavy (non-hydrogen) atoms. The molecule has 1 atom stereocenters. The third-order valence-electron chi connectivity index (χ3n) is 6.27. The van der Waals surface area contributed by atoms with E-state index in [4.69, 9.17) is 15.2 Å². The number of nitrogens with zero attached hydrogens (tertiary/aromatic N) is 1. The molecule has 4 rings (SSSR count). The Balaban J connectivity index is 1.62. The second-order valence-corrected chi connectivity index (χ2v) is 9.99. The Kier molecular flexibility index (Phi) is 9.63. The van der Waals surface area contributed by atoms with Crippen molar-refractivity contribution in [2.45, 2.75) is 46.4 Å². The Bertz CT molecular complexity index is 1520. The number of carbonyl (C=O) groups excluding carboxylic acids is 2. The maximum Gasteiger partial charge on any atom is 0.247 e. The normalized spacial score (nSPS) is 11.6. The molecule has 0 saturated carbocycles. The molecule has 0 aliphatic heterocycles. The summed E-state index contributed by atoms with van der Waals surface area (Å²) in [5.74, 6) is 1.46. The smallest absolute Gasteiger partial charge is 0.247 e. The number of hydrogen-bond acceptors (Lipinski definition) is 8. The monoisotopic (exact) mass is 555 g/mol. The average molecular weight is 556 g/mol. The molecule has 214 valence electrons. The Morgan fingerprint density at radius 3 is 2.56 bits per heavy atom. The molecule has 0 spiro atoms. The number of ketones is 1. The van der Waals surface area contributed by atoms with Crippen molar-refractivity contribution in [1.29, 1.82) is 0 Å². The number of carbonyl (C=O) groups is 2. The van der Waals surface area contributed by atoms with Crippen molar-refractivity contribution in [1.82, 2.24) is 10.3 Å². The number of pyridine rings is 1. The molecule has 1 amide bonds. The summed E-state index contributed by atoms with van der Waals surface area (Å²) in [6.07, 6.45) is 1.63. The van der Waals surface area contributed by atoms with Gasteiger partial charge < -0.3 is 31.2 Å². The number of rotatable bonds is 13. The van der Waals surface area contributed by atoms with E-state index >= 15 is 0 Å². The molecular weight excluding hydrogens is 518 g/mol. The van der Waals surface area contributed by atoms with Crippen molar-refractivity contribution in [3.63, 3.8) is 0 Å². The van der Waals surface area contributed by atoms with Crippen molar-refractivity contribution < 1.29 is 19.1 Å². The highest BCUT2D eigenvalue weighted by atomic mass is 16.5. The van der Waals surface area contributed by atoms with Crippen molar-refractivity contribution in [2.75, 3.05) is 29.5 Å². The standard InChI is InChI=1S/C32H37N5O4/c1-5-40-29-17-24(9-12-28(29)41-20(2)3)30(37-26-10-11-27-23(16-26)13-14-34-31(27)33)32(39)36-19-22-7-6-8-25(15-22)35-18-21(4)38/h6-17,20,30,35,37H,5,18-19H2,1-4H3,(H2,33,34)(H,36,39). The Morgan fingerprint density at radius 2 is 1.80 bits per heavy atom. The van der Waals surface area contributed by atoms with Gasteiger partial charge in [-0.05, 0) is 92.7 Å². The van der Waals surface area contributed by atoms with Gasteiger partial charge in [0.15, 0.2) is 11.5 Å². The van der Waals surface area contributed by atoms with E-state index in [-0.39, 0.29) is 24.3 Å². The van der Waals surface area contributed by atoms with E-state index in [0.717, 1.165) is 27.7 Å². The van der Waals surface area contributed by atoms with Crippen LogP contribution >= 0.6 is 0 Å². The first kappa shape index (κ1) is 29.2. The molecule has 0 aliphatic carbocycles. The molecule has 0 radical (unpaired) electrons. The molecule has 1 aromatic heterocycles. The van der Waals surface area contributed by atoms with Crippen LogP contribution in [0.3, 0.4) is 0 Å². The zero-order chi connectivity index (χ0) is 29.4. The SMILES string of the molecule is CCOc1cc(C(Nc2ccc3c(N)nccc3c2)C(=O)NCc2cccc(NCC(C)=O)c2)ccc1OC(C)C. The molecule has 0 fully saturated rings. The lowest BCUT2D eigenvalue weighted by Crippen LogP contribution is -2.33. The Hall–Kier alpha value is -4.79. The molecule has 5 N–H and O–H groups in total. The predicted molar refractivity (Wildman–Crippen MR) is 163 cm³/mol. The van der Waals surface area contributed by atoms with Crippen molar-refractivity contribution in [3.8, 4) is 11.5 Å². The number of benzene rings is 3. The van der Waals surface area contributed by atoms with Crippen LogP contribution in [0, 0.1) is 0 Å². The predicted octanol–water partition coefficient (Wildman–Crippen LogP) is 5.47. The van der Waals surface area contributed by atoms with Gasteiger partial charge in [0.2, 0.25) is 5.91 Å². The summed E-state index contributed by atoms with van der Waals surface area (Å²) < 4.78 is 11.8. The fourth-order valence-electron chi connectivity index (χ4n) is 4.39. The van der Waals surface area contributed by atoms with Gasteiger partial charge in [0.05, 0.1) is 19.3 Å². The van der Waals surface area contributed by atoms with Gasteiger partial charge in [-0.25, -0.2) is 4.98 Å². The first-order chi connectivity index (χ1) is 19.7. The fraction of sp³-hybridized carbons (Fsp3) is 0.281. The highest BCUT2D eigenvalue weighted by Crippen LogP contribution is 2.33. The molecule has 9 heteroatoms. The molecule has 0 bridgehead atoms. The van der Waals surface area contributed by atoms with E-state index in [9.17, 15) is 9.59 Å². The number of fused-ring (bicyclic) bond motifs is 1. The topological polar surface area (TPSA) is 128 Å². The van der Waals surface area contributed by atoms with Crippen molar-refractivity contribution in [3.05, 3.63) is 84.1 Å². The molecular formula is C32H37N5O4. The number of hydrogen-bond donors (Lipinski definition) is 4. The van der Waals surface area contributed by atoms with Gasteiger partial charge in [-0.3, -0.25) is 9.59 Å². The molecule has 1 unspecified atom stereocenters. The molecule has 0 saturated heterocycles. The molecule has 4 aromatic rings. The largest absolute Gasteiger partial charge is 0.490 e. The van der Waals surface area contributed by atoms with Gasteiger partial charge in [-0.1, -0.05) is 18.2 Å². The summed E-state index contributed by atoms with van der Waals surface area (Å²) in [4.78, 5) is 29.2. The lowest BCUT2D eigenvalue weighted by Gasteiger charge is -2.22. The van der Waals surface area contributed by atoms with Gasteiger partial charge in [0.1, 0.15) is 17.6 Å². The number of nitrogens with one attached hydrogen (secondary N) is 3. The summed E-state index contributed by atoms with van der Waals surface area (Å²) in [7, 11) is 0. The van der Waals surface area contributed by atoms with Crippen LogP contribution in [0.4, 0.5) is 17.2 Å². The van der Waals surface area contributed by atoms with E-state index in [0.29, 0.717) is 36.0 Å². The molecule has 1 heterocycles.